The number of hydrogen-bond donors (Lipinski definition) is 2. The topological polar surface area (TPSA) is 80.4 Å². The summed E-state index contributed by atoms with van der Waals surface area (Å²) >= 11 is 0. The molecule has 0 radical (unpaired) electrons. The second kappa shape index (κ2) is 8.79. The molecule has 0 aliphatic carbocycles. The maximum atomic E-state index is 9.34. The summed E-state index contributed by atoms with van der Waals surface area (Å²) in [4.78, 5) is 4.24. The van der Waals surface area contributed by atoms with Crippen molar-refractivity contribution in [3.8, 4) is 11.7 Å². The van der Waals surface area contributed by atoms with Crippen LogP contribution in [0.25, 0.3) is 5.82 Å². The highest BCUT2D eigenvalue weighted by atomic mass is 16.5. The fourth-order valence-electron chi connectivity index (χ4n) is 2.89. The molecule has 142 valence electrons. The van der Waals surface area contributed by atoms with E-state index in [2.05, 4.69) is 42.1 Å². The van der Waals surface area contributed by atoms with Crippen LogP contribution in [0.1, 0.15) is 48.3 Å². The Morgan fingerprint density at radius 2 is 1.96 bits per heavy atom. The number of rotatable bonds is 8. The molecule has 3 aromatic rings. The molecule has 2 aromatic heterocycles. The van der Waals surface area contributed by atoms with Gasteiger partial charge in [-0.3, -0.25) is 0 Å². The lowest BCUT2D eigenvalue weighted by Crippen LogP contribution is -2.07. The molecule has 2 N–H and O–H groups in total. The van der Waals surface area contributed by atoms with Gasteiger partial charge < -0.3 is 14.9 Å². The van der Waals surface area contributed by atoms with Gasteiger partial charge in [0.05, 0.1) is 6.20 Å². The summed E-state index contributed by atoms with van der Waals surface area (Å²) in [7, 11) is 0. The quantitative estimate of drug-likeness (QED) is 0.596. The number of nitrogens with zero attached hydrogens (tertiary/aromatic N) is 3. The van der Waals surface area contributed by atoms with Gasteiger partial charge in [0.15, 0.2) is 12.1 Å². The molecule has 6 heteroatoms. The van der Waals surface area contributed by atoms with E-state index in [9.17, 15) is 10.2 Å². The third-order valence-corrected chi connectivity index (χ3v) is 4.49. The summed E-state index contributed by atoms with van der Waals surface area (Å²) in [5.74, 6) is 1.01. The van der Waals surface area contributed by atoms with E-state index in [1.165, 1.54) is 34.8 Å². The van der Waals surface area contributed by atoms with Gasteiger partial charge in [-0.05, 0) is 48.6 Å². The van der Waals surface area contributed by atoms with Gasteiger partial charge in [0.1, 0.15) is 6.61 Å². The standard InChI is InChI=1S/C21H25N3O3/c1-3-4-5-16-6-7-18(15(2)12-16)14-27-20-9-11-23-24(20)19-13-17(21(25)26)8-10-22-19/h6-13,21,25-26H,3-5,14H2,1-2H3. The predicted molar refractivity (Wildman–Crippen MR) is 103 cm³/mol. The minimum Gasteiger partial charge on any atom is -0.473 e. The number of aryl methyl sites for hydroxylation is 2. The normalized spacial score (nSPS) is 11.1. The molecule has 1 aromatic carbocycles. The van der Waals surface area contributed by atoms with Crippen molar-refractivity contribution >= 4 is 0 Å². The number of ether oxygens (including phenoxy) is 1. The molecule has 0 saturated carbocycles. The van der Waals surface area contributed by atoms with Crippen LogP contribution in [-0.4, -0.2) is 25.0 Å². The van der Waals surface area contributed by atoms with Crippen molar-refractivity contribution in [2.75, 3.05) is 0 Å². The van der Waals surface area contributed by atoms with Gasteiger partial charge in [-0.1, -0.05) is 31.5 Å². The molecule has 0 saturated heterocycles. The molecule has 0 unspecified atom stereocenters. The van der Waals surface area contributed by atoms with Gasteiger partial charge in [-0.2, -0.15) is 9.78 Å². The van der Waals surface area contributed by atoms with Gasteiger partial charge in [0.25, 0.3) is 0 Å². The van der Waals surface area contributed by atoms with Crippen LogP contribution in [0.2, 0.25) is 0 Å². The van der Waals surface area contributed by atoms with E-state index in [4.69, 9.17) is 4.74 Å². The molecule has 0 fully saturated rings. The van der Waals surface area contributed by atoms with Gasteiger partial charge in [-0.15, -0.1) is 0 Å². The first kappa shape index (κ1) is 19.1. The summed E-state index contributed by atoms with van der Waals surface area (Å²) in [6, 6.07) is 11.4. The SMILES string of the molecule is CCCCc1ccc(COc2ccnn2-c2cc(C(O)O)ccn2)c(C)c1. The van der Waals surface area contributed by atoms with Crippen molar-refractivity contribution in [2.45, 2.75) is 46.0 Å². The number of aliphatic hydroxyl groups is 2. The molecule has 0 aliphatic heterocycles. The average Bonchev–Trinajstić information content (AvgIpc) is 3.14. The first-order valence-electron chi connectivity index (χ1n) is 9.16. The Hall–Kier alpha value is -2.70. The van der Waals surface area contributed by atoms with E-state index >= 15 is 0 Å². The largest absolute Gasteiger partial charge is 0.473 e. The number of pyridine rings is 1. The summed E-state index contributed by atoms with van der Waals surface area (Å²) in [5, 5.41) is 22.9. The van der Waals surface area contributed by atoms with E-state index in [-0.39, 0.29) is 0 Å². The minimum atomic E-state index is -1.56. The zero-order valence-corrected chi connectivity index (χ0v) is 15.7. The number of unbranched alkanes of at least 4 members (excludes halogenated alkanes) is 1. The highest BCUT2D eigenvalue weighted by molar-refractivity contribution is 5.33. The predicted octanol–water partition coefficient (Wildman–Crippen LogP) is 3.48. The van der Waals surface area contributed by atoms with Crippen LogP contribution in [0.3, 0.4) is 0 Å². The number of benzene rings is 1. The smallest absolute Gasteiger partial charge is 0.218 e. The van der Waals surface area contributed by atoms with E-state index in [1.807, 2.05) is 0 Å². The third kappa shape index (κ3) is 4.72. The molecule has 0 atom stereocenters. The average molecular weight is 367 g/mol. The molecule has 2 heterocycles. The lowest BCUT2D eigenvalue weighted by atomic mass is 10.0. The van der Waals surface area contributed by atoms with E-state index in [1.54, 1.807) is 24.4 Å². The van der Waals surface area contributed by atoms with Crippen LogP contribution in [0, 0.1) is 6.92 Å². The van der Waals surface area contributed by atoms with Crippen LogP contribution >= 0.6 is 0 Å². The van der Waals surface area contributed by atoms with Crippen LogP contribution in [0.15, 0.2) is 48.8 Å². The monoisotopic (exact) mass is 367 g/mol. The van der Waals surface area contributed by atoms with Crippen molar-refractivity contribution in [1.29, 1.82) is 0 Å². The Morgan fingerprint density at radius 1 is 1.11 bits per heavy atom. The fraction of sp³-hybridized carbons (Fsp3) is 0.333. The van der Waals surface area contributed by atoms with Crippen molar-refractivity contribution in [3.63, 3.8) is 0 Å². The van der Waals surface area contributed by atoms with E-state index in [0.717, 1.165) is 12.0 Å². The molecular weight excluding hydrogens is 342 g/mol. The number of aliphatic hydroxyl groups excluding tert-OH is 1. The molecule has 0 spiro atoms. The minimum absolute atomic E-state index is 0.347. The zero-order valence-electron chi connectivity index (χ0n) is 15.7. The Morgan fingerprint density at radius 3 is 2.70 bits per heavy atom. The maximum absolute atomic E-state index is 9.34. The zero-order chi connectivity index (χ0) is 19.2. The summed E-state index contributed by atoms with van der Waals surface area (Å²) in [6.07, 6.45) is 5.07. The van der Waals surface area contributed by atoms with Gasteiger partial charge in [0, 0.05) is 17.8 Å². The van der Waals surface area contributed by atoms with Crippen LogP contribution in [0.5, 0.6) is 5.88 Å². The lowest BCUT2D eigenvalue weighted by molar-refractivity contribution is -0.0425. The third-order valence-electron chi connectivity index (χ3n) is 4.49. The first-order valence-corrected chi connectivity index (χ1v) is 9.16. The Kier molecular flexibility index (Phi) is 6.21. The second-order valence-electron chi connectivity index (χ2n) is 6.56. The maximum Gasteiger partial charge on any atom is 0.218 e. The Bertz CT molecular complexity index is 890. The van der Waals surface area contributed by atoms with Crippen molar-refractivity contribution in [3.05, 3.63) is 71.0 Å². The Labute approximate surface area is 159 Å². The molecule has 0 aliphatic rings. The van der Waals surface area contributed by atoms with Gasteiger partial charge >= 0.3 is 0 Å². The number of hydrogen-bond acceptors (Lipinski definition) is 5. The summed E-state index contributed by atoms with van der Waals surface area (Å²) in [5.41, 5.74) is 4.03. The highest BCUT2D eigenvalue weighted by Crippen LogP contribution is 2.21. The fourth-order valence-corrected chi connectivity index (χ4v) is 2.89. The molecular formula is C21H25N3O3. The van der Waals surface area contributed by atoms with Gasteiger partial charge in [0.2, 0.25) is 5.88 Å². The van der Waals surface area contributed by atoms with E-state index < -0.39 is 6.29 Å². The summed E-state index contributed by atoms with van der Waals surface area (Å²) in [6.45, 7) is 4.72. The Balaban J connectivity index is 1.73. The molecule has 0 amide bonds. The van der Waals surface area contributed by atoms with Crippen LogP contribution < -0.4 is 4.74 Å². The van der Waals surface area contributed by atoms with Crippen molar-refractivity contribution in [2.24, 2.45) is 0 Å². The van der Waals surface area contributed by atoms with E-state index in [0.29, 0.717) is 23.9 Å². The molecule has 0 bridgehead atoms. The van der Waals surface area contributed by atoms with Crippen molar-refractivity contribution < 1.29 is 14.9 Å². The van der Waals surface area contributed by atoms with Crippen LogP contribution in [0.4, 0.5) is 0 Å². The highest BCUT2D eigenvalue weighted by Gasteiger charge is 2.11. The first-order chi connectivity index (χ1) is 13.1. The van der Waals surface area contributed by atoms with Gasteiger partial charge in [-0.25, -0.2) is 4.98 Å². The molecule has 27 heavy (non-hydrogen) atoms. The molecule has 6 nitrogen and oxygen atoms in total. The number of aromatic nitrogens is 3. The second-order valence-corrected chi connectivity index (χ2v) is 6.56. The van der Waals surface area contributed by atoms with Crippen molar-refractivity contribution in [1.82, 2.24) is 14.8 Å². The van der Waals surface area contributed by atoms with Crippen LogP contribution in [-0.2, 0) is 13.0 Å². The summed E-state index contributed by atoms with van der Waals surface area (Å²) < 4.78 is 7.49. The lowest BCUT2D eigenvalue weighted by Gasteiger charge is -2.12. The molecule has 3 rings (SSSR count).